The highest BCUT2D eigenvalue weighted by atomic mass is 32.2. The second kappa shape index (κ2) is 5.55. The molecule has 1 aromatic rings. The molecular formula is C15H22N2OS. The number of benzene rings is 1. The van der Waals surface area contributed by atoms with Gasteiger partial charge in [-0.3, -0.25) is 4.79 Å². The molecule has 1 aliphatic rings. The number of primary amides is 1. The van der Waals surface area contributed by atoms with Gasteiger partial charge < -0.3 is 11.1 Å². The minimum absolute atomic E-state index is 0.223. The van der Waals surface area contributed by atoms with Crippen LogP contribution in [-0.2, 0) is 4.79 Å². The minimum Gasteiger partial charge on any atom is -0.368 e. The van der Waals surface area contributed by atoms with Crippen LogP contribution in [0.3, 0.4) is 0 Å². The van der Waals surface area contributed by atoms with Crippen LogP contribution in [-0.4, -0.2) is 23.7 Å². The van der Waals surface area contributed by atoms with Gasteiger partial charge in [0.15, 0.2) is 0 Å². The van der Waals surface area contributed by atoms with Crippen LogP contribution >= 0.6 is 11.8 Å². The Bertz CT molecular complexity index is 489. The number of rotatable bonds is 4. The fourth-order valence-electron chi connectivity index (χ4n) is 2.69. The van der Waals surface area contributed by atoms with Crippen molar-refractivity contribution in [2.75, 3.05) is 7.05 Å². The van der Waals surface area contributed by atoms with Crippen molar-refractivity contribution in [1.82, 2.24) is 5.32 Å². The van der Waals surface area contributed by atoms with Crippen LogP contribution in [0.15, 0.2) is 23.1 Å². The Hall–Kier alpha value is -1.00. The molecule has 2 rings (SSSR count). The Morgan fingerprint density at radius 2 is 2.21 bits per heavy atom. The molecule has 0 bridgehead atoms. The van der Waals surface area contributed by atoms with E-state index in [1.54, 1.807) is 0 Å². The highest BCUT2D eigenvalue weighted by molar-refractivity contribution is 8.00. The molecule has 0 spiro atoms. The van der Waals surface area contributed by atoms with Gasteiger partial charge in [-0.15, -0.1) is 11.8 Å². The van der Waals surface area contributed by atoms with E-state index in [9.17, 15) is 4.79 Å². The van der Waals surface area contributed by atoms with Crippen molar-refractivity contribution in [3.8, 4) is 0 Å². The van der Waals surface area contributed by atoms with Crippen molar-refractivity contribution >= 4 is 17.7 Å². The molecule has 104 valence electrons. The van der Waals surface area contributed by atoms with Gasteiger partial charge in [0, 0.05) is 10.1 Å². The molecule has 1 aromatic carbocycles. The second-order valence-electron chi connectivity index (χ2n) is 5.45. The lowest BCUT2D eigenvalue weighted by molar-refractivity contribution is -0.124. The number of hydrogen-bond acceptors (Lipinski definition) is 3. The first-order chi connectivity index (χ1) is 8.97. The van der Waals surface area contributed by atoms with E-state index in [0.29, 0.717) is 5.25 Å². The van der Waals surface area contributed by atoms with E-state index in [1.807, 2.05) is 18.8 Å². The quantitative estimate of drug-likeness (QED) is 0.889. The van der Waals surface area contributed by atoms with Crippen molar-refractivity contribution in [2.45, 2.75) is 48.8 Å². The fraction of sp³-hybridized carbons (Fsp3) is 0.533. The van der Waals surface area contributed by atoms with E-state index in [0.717, 1.165) is 19.3 Å². The second-order valence-corrected chi connectivity index (χ2v) is 6.79. The first-order valence-corrected chi connectivity index (χ1v) is 7.57. The average molecular weight is 278 g/mol. The molecule has 1 aliphatic carbocycles. The van der Waals surface area contributed by atoms with Crippen LogP contribution in [0.2, 0.25) is 0 Å². The van der Waals surface area contributed by atoms with Crippen LogP contribution in [0, 0.1) is 13.8 Å². The van der Waals surface area contributed by atoms with E-state index in [1.165, 1.54) is 16.0 Å². The molecule has 2 unspecified atom stereocenters. The zero-order valence-electron chi connectivity index (χ0n) is 11.8. The van der Waals surface area contributed by atoms with Crippen LogP contribution in [0.4, 0.5) is 0 Å². The molecular weight excluding hydrogens is 256 g/mol. The first-order valence-electron chi connectivity index (χ1n) is 6.69. The minimum atomic E-state index is -0.505. The van der Waals surface area contributed by atoms with Gasteiger partial charge in [-0.1, -0.05) is 17.7 Å². The van der Waals surface area contributed by atoms with Crippen molar-refractivity contribution in [3.63, 3.8) is 0 Å². The van der Waals surface area contributed by atoms with Crippen molar-refractivity contribution < 1.29 is 4.79 Å². The summed E-state index contributed by atoms with van der Waals surface area (Å²) in [4.78, 5) is 12.9. The fourth-order valence-corrected chi connectivity index (χ4v) is 4.16. The van der Waals surface area contributed by atoms with E-state index in [-0.39, 0.29) is 5.91 Å². The summed E-state index contributed by atoms with van der Waals surface area (Å²) in [6.07, 6.45) is 2.68. The summed E-state index contributed by atoms with van der Waals surface area (Å²) in [7, 11) is 1.83. The molecule has 0 saturated heterocycles. The lowest BCUT2D eigenvalue weighted by atomic mass is 9.97. The van der Waals surface area contributed by atoms with Gasteiger partial charge in [0.2, 0.25) is 5.91 Å². The number of amides is 1. The molecule has 0 aromatic heterocycles. The molecule has 4 heteroatoms. The van der Waals surface area contributed by atoms with Gasteiger partial charge in [-0.2, -0.15) is 0 Å². The lowest BCUT2D eigenvalue weighted by Gasteiger charge is -2.24. The molecule has 1 amide bonds. The molecule has 1 fully saturated rings. The molecule has 1 saturated carbocycles. The van der Waals surface area contributed by atoms with Gasteiger partial charge in [0.25, 0.3) is 0 Å². The molecule has 3 N–H and O–H groups in total. The van der Waals surface area contributed by atoms with Gasteiger partial charge in [-0.25, -0.2) is 0 Å². The molecule has 19 heavy (non-hydrogen) atoms. The van der Waals surface area contributed by atoms with Crippen LogP contribution in [0.1, 0.15) is 30.4 Å². The summed E-state index contributed by atoms with van der Waals surface area (Å²) in [5.41, 5.74) is 7.62. The third-order valence-electron chi connectivity index (χ3n) is 4.06. The van der Waals surface area contributed by atoms with Gasteiger partial charge in [0.05, 0.1) is 5.54 Å². The summed E-state index contributed by atoms with van der Waals surface area (Å²) < 4.78 is 0. The zero-order chi connectivity index (χ0) is 14.0. The Balaban J connectivity index is 2.10. The summed E-state index contributed by atoms with van der Waals surface area (Å²) in [5.74, 6) is -0.223. The highest BCUT2D eigenvalue weighted by Gasteiger charge is 2.43. The Morgan fingerprint density at radius 1 is 1.47 bits per heavy atom. The number of thioether (sulfide) groups is 1. The first kappa shape index (κ1) is 14.4. The number of likely N-dealkylation sites (N-methyl/N-ethyl adjacent to an activating group) is 1. The normalized spacial score (nSPS) is 26.6. The van der Waals surface area contributed by atoms with Crippen LogP contribution in [0.5, 0.6) is 0 Å². The van der Waals surface area contributed by atoms with Gasteiger partial charge in [0.1, 0.15) is 0 Å². The molecule has 0 heterocycles. The third-order valence-corrected chi connectivity index (χ3v) is 5.49. The van der Waals surface area contributed by atoms with E-state index in [4.69, 9.17) is 5.73 Å². The summed E-state index contributed by atoms with van der Waals surface area (Å²) >= 11 is 1.88. The predicted octanol–water partition coefficient (Wildman–Crippen LogP) is 2.39. The van der Waals surface area contributed by atoms with E-state index in [2.05, 4.69) is 37.4 Å². The summed E-state index contributed by atoms with van der Waals surface area (Å²) in [5, 5.41) is 3.59. The average Bonchev–Trinajstić information content (AvgIpc) is 2.79. The number of carbonyl (C=O) groups excluding carboxylic acids is 1. The van der Waals surface area contributed by atoms with E-state index >= 15 is 0 Å². The van der Waals surface area contributed by atoms with Gasteiger partial charge >= 0.3 is 0 Å². The Labute approximate surface area is 119 Å². The summed E-state index contributed by atoms with van der Waals surface area (Å²) in [6.45, 7) is 4.25. The maximum Gasteiger partial charge on any atom is 0.237 e. The Morgan fingerprint density at radius 3 is 2.79 bits per heavy atom. The highest BCUT2D eigenvalue weighted by Crippen LogP contribution is 2.41. The number of aryl methyl sites for hydroxylation is 2. The third kappa shape index (κ3) is 2.95. The molecule has 2 atom stereocenters. The van der Waals surface area contributed by atoms with Crippen molar-refractivity contribution in [2.24, 2.45) is 5.73 Å². The topological polar surface area (TPSA) is 55.1 Å². The SMILES string of the molecule is CNC1(C(N)=O)CCC(Sc2cc(C)ccc2C)C1. The van der Waals surface area contributed by atoms with Crippen molar-refractivity contribution in [1.29, 1.82) is 0 Å². The number of hydrogen-bond donors (Lipinski definition) is 2. The smallest absolute Gasteiger partial charge is 0.237 e. The standard InChI is InChI=1S/C15H22N2OS/c1-10-4-5-11(2)13(8-10)19-12-6-7-15(9-12,17-3)14(16)18/h4-5,8,12,17H,6-7,9H2,1-3H3,(H2,16,18). The zero-order valence-corrected chi connectivity index (χ0v) is 12.6. The molecule has 0 radical (unpaired) electrons. The van der Waals surface area contributed by atoms with Crippen LogP contribution < -0.4 is 11.1 Å². The lowest BCUT2D eigenvalue weighted by Crippen LogP contribution is -2.52. The predicted molar refractivity (Wildman–Crippen MR) is 80.4 cm³/mol. The largest absolute Gasteiger partial charge is 0.368 e. The monoisotopic (exact) mass is 278 g/mol. The molecule has 0 aliphatic heterocycles. The van der Waals surface area contributed by atoms with Crippen LogP contribution in [0.25, 0.3) is 0 Å². The number of nitrogens with two attached hydrogens (primary N) is 1. The maximum absolute atomic E-state index is 11.6. The van der Waals surface area contributed by atoms with E-state index < -0.39 is 5.54 Å². The summed E-state index contributed by atoms with van der Waals surface area (Å²) in [6, 6.07) is 6.52. The number of carbonyl (C=O) groups is 1. The Kier molecular flexibility index (Phi) is 4.21. The maximum atomic E-state index is 11.6. The molecule has 3 nitrogen and oxygen atoms in total. The van der Waals surface area contributed by atoms with Crippen molar-refractivity contribution in [3.05, 3.63) is 29.3 Å². The number of nitrogens with one attached hydrogen (secondary N) is 1. The van der Waals surface area contributed by atoms with Gasteiger partial charge in [-0.05, 0) is 51.8 Å².